The summed E-state index contributed by atoms with van der Waals surface area (Å²) in [5, 5.41) is 8.48. The van der Waals surface area contributed by atoms with E-state index in [0.717, 1.165) is 22.9 Å². The molecule has 0 spiro atoms. The molecule has 0 aliphatic rings. The Bertz CT molecular complexity index is 1650. The number of aromatic nitrogens is 4. The van der Waals surface area contributed by atoms with Crippen molar-refractivity contribution in [1.29, 1.82) is 0 Å². The number of nitrogens with zero attached hydrogens (tertiary/aromatic N) is 3. The van der Waals surface area contributed by atoms with Crippen LogP contribution < -0.4 is 5.43 Å². The molecule has 0 amide bonds. The molecule has 33 heavy (non-hydrogen) atoms. The average Bonchev–Trinajstić information content (AvgIpc) is 3.29. The minimum Gasteiger partial charge on any atom is -0.416 e. The maximum atomic E-state index is 13.2. The molecule has 3 heterocycles. The molecule has 2 aromatic carbocycles. The van der Waals surface area contributed by atoms with E-state index in [-0.39, 0.29) is 21.8 Å². The van der Waals surface area contributed by atoms with Crippen molar-refractivity contribution in [2.45, 2.75) is 11.8 Å². The second kappa shape index (κ2) is 7.79. The molecule has 0 unspecified atom stereocenters. The Kier molecular flexibility index (Phi) is 4.90. The Morgan fingerprint density at radius 3 is 2.24 bits per heavy atom. The first-order valence-electron chi connectivity index (χ1n) is 10.0. The highest BCUT2D eigenvalue weighted by atomic mass is 32.2. The van der Waals surface area contributed by atoms with Crippen molar-refractivity contribution in [3.63, 3.8) is 0 Å². The number of rotatable bonds is 4. The second-order valence-corrected chi connectivity index (χ2v) is 9.74. The number of fused-ring (bicyclic) bond motifs is 1. The standard InChI is InChI=1S/C24H18N4O4S/c1-14-3-5-16(6-4-14)23-27-28-24(32-23)20-13-26-22-19(21(20)29)11-17(12-25-22)15-7-9-18(10-8-15)33(2,30)31/h3-13H,1-2H3,(H,25,26,29). The molecule has 5 rings (SSSR count). The minimum atomic E-state index is -3.29. The van der Waals surface area contributed by atoms with Crippen molar-refractivity contribution < 1.29 is 12.8 Å². The summed E-state index contributed by atoms with van der Waals surface area (Å²) in [6.07, 6.45) is 4.28. The van der Waals surface area contributed by atoms with E-state index >= 15 is 0 Å². The van der Waals surface area contributed by atoms with E-state index in [2.05, 4.69) is 20.2 Å². The van der Waals surface area contributed by atoms with Crippen LogP contribution in [0.3, 0.4) is 0 Å². The summed E-state index contributed by atoms with van der Waals surface area (Å²) in [6, 6.07) is 15.8. The molecule has 1 N–H and O–H groups in total. The zero-order valence-corrected chi connectivity index (χ0v) is 18.6. The van der Waals surface area contributed by atoms with Crippen LogP contribution in [0.15, 0.2) is 81.1 Å². The van der Waals surface area contributed by atoms with E-state index < -0.39 is 9.84 Å². The van der Waals surface area contributed by atoms with Crippen LogP contribution in [0.1, 0.15) is 5.56 Å². The normalized spacial score (nSPS) is 11.7. The van der Waals surface area contributed by atoms with Crippen LogP contribution in [0.4, 0.5) is 0 Å². The molecule has 5 aromatic rings. The van der Waals surface area contributed by atoms with Crippen LogP contribution in [0.5, 0.6) is 0 Å². The highest BCUT2D eigenvalue weighted by molar-refractivity contribution is 7.90. The molecule has 0 saturated heterocycles. The summed E-state index contributed by atoms with van der Waals surface area (Å²) in [5.74, 6) is 0.430. The maximum Gasteiger partial charge on any atom is 0.253 e. The monoisotopic (exact) mass is 458 g/mol. The van der Waals surface area contributed by atoms with E-state index in [0.29, 0.717) is 22.5 Å². The van der Waals surface area contributed by atoms with Gasteiger partial charge in [-0.1, -0.05) is 29.8 Å². The zero-order chi connectivity index (χ0) is 23.2. The predicted molar refractivity (Wildman–Crippen MR) is 124 cm³/mol. The molecular formula is C24H18N4O4S. The number of pyridine rings is 2. The van der Waals surface area contributed by atoms with Gasteiger partial charge in [0.15, 0.2) is 9.84 Å². The number of benzene rings is 2. The number of sulfone groups is 1. The second-order valence-electron chi connectivity index (χ2n) is 7.73. The van der Waals surface area contributed by atoms with Crippen molar-refractivity contribution in [3.8, 4) is 34.0 Å². The Balaban J connectivity index is 1.55. The Hall–Kier alpha value is -4.11. The summed E-state index contributed by atoms with van der Waals surface area (Å²) in [4.78, 5) is 20.8. The molecule has 3 aromatic heterocycles. The van der Waals surface area contributed by atoms with Crippen LogP contribution in [-0.2, 0) is 9.84 Å². The zero-order valence-electron chi connectivity index (χ0n) is 17.7. The summed E-state index contributed by atoms with van der Waals surface area (Å²) in [6.45, 7) is 1.99. The largest absolute Gasteiger partial charge is 0.416 e. The fourth-order valence-corrected chi connectivity index (χ4v) is 4.09. The van der Waals surface area contributed by atoms with Crippen LogP contribution in [0, 0.1) is 6.92 Å². The smallest absolute Gasteiger partial charge is 0.253 e. The molecule has 0 fully saturated rings. The lowest BCUT2D eigenvalue weighted by Crippen LogP contribution is -2.07. The lowest BCUT2D eigenvalue weighted by Gasteiger charge is -2.05. The number of H-pyrrole nitrogens is 1. The molecule has 0 saturated carbocycles. The first-order chi connectivity index (χ1) is 15.8. The van der Waals surface area contributed by atoms with Gasteiger partial charge in [0.1, 0.15) is 11.2 Å². The van der Waals surface area contributed by atoms with Crippen molar-refractivity contribution in [2.75, 3.05) is 6.26 Å². The van der Waals surface area contributed by atoms with Gasteiger partial charge >= 0.3 is 0 Å². The fraction of sp³-hybridized carbons (Fsp3) is 0.0833. The minimum absolute atomic E-state index is 0.108. The highest BCUT2D eigenvalue weighted by Crippen LogP contribution is 2.25. The lowest BCUT2D eigenvalue weighted by atomic mass is 10.1. The summed E-state index contributed by atoms with van der Waals surface area (Å²) in [5.41, 5.74) is 3.64. The number of aryl methyl sites for hydroxylation is 1. The molecule has 0 radical (unpaired) electrons. The van der Waals surface area contributed by atoms with Gasteiger partial charge in [-0.2, -0.15) is 0 Å². The molecule has 0 aliphatic heterocycles. The van der Waals surface area contributed by atoms with E-state index in [1.807, 2.05) is 31.2 Å². The first-order valence-corrected chi connectivity index (χ1v) is 11.9. The number of aromatic amines is 1. The first kappa shape index (κ1) is 20.8. The Morgan fingerprint density at radius 2 is 1.55 bits per heavy atom. The topological polar surface area (TPSA) is 119 Å². The SMILES string of the molecule is Cc1ccc(-c2nnc(-c3c[nH]c4ncc(-c5ccc(S(C)(=O)=O)cc5)cc4c3=O)o2)cc1. The van der Waals surface area contributed by atoms with Gasteiger partial charge < -0.3 is 9.40 Å². The summed E-state index contributed by atoms with van der Waals surface area (Å²) >= 11 is 0. The maximum absolute atomic E-state index is 13.2. The third-order valence-electron chi connectivity index (χ3n) is 5.30. The van der Waals surface area contributed by atoms with Gasteiger partial charge in [-0.15, -0.1) is 10.2 Å². The fourth-order valence-electron chi connectivity index (χ4n) is 3.46. The van der Waals surface area contributed by atoms with Crippen LogP contribution in [0.2, 0.25) is 0 Å². The van der Waals surface area contributed by atoms with Gasteiger partial charge in [0.05, 0.1) is 10.3 Å². The molecule has 164 valence electrons. The van der Waals surface area contributed by atoms with Gasteiger partial charge in [-0.05, 0) is 42.8 Å². The number of hydrogen-bond donors (Lipinski definition) is 1. The van der Waals surface area contributed by atoms with Gasteiger partial charge in [0, 0.05) is 29.8 Å². The molecule has 9 heteroatoms. The van der Waals surface area contributed by atoms with Crippen molar-refractivity contribution in [1.82, 2.24) is 20.2 Å². The molecule has 8 nitrogen and oxygen atoms in total. The Morgan fingerprint density at radius 1 is 0.879 bits per heavy atom. The quantitative estimate of drug-likeness (QED) is 0.432. The lowest BCUT2D eigenvalue weighted by molar-refractivity contribution is 0.584. The molecule has 0 aliphatic carbocycles. The predicted octanol–water partition coefficient (Wildman–Crippen LogP) is 4.02. The average molecular weight is 458 g/mol. The van der Waals surface area contributed by atoms with Gasteiger partial charge in [-0.3, -0.25) is 4.79 Å². The number of nitrogens with one attached hydrogen (secondary N) is 1. The van der Waals surface area contributed by atoms with Crippen LogP contribution in [0.25, 0.3) is 45.1 Å². The molecular weight excluding hydrogens is 440 g/mol. The summed E-state index contributed by atoms with van der Waals surface area (Å²) < 4.78 is 29.2. The van der Waals surface area contributed by atoms with E-state index in [9.17, 15) is 13.2 Å². The van der Waals surface area contributed by atoms with E-state index in [1.165, 1.54) is 18.3 Å². The summed E-state index contributed by atoms with van der Waals surface area (Å²) in [7, 11) is -3.29. The molecule has 0 bridgehead atoms. The van der Waals surface area contributed by atoms with E-state index in [4.69, 9.17) is 4.42 Å². The highest BCUT2D eigenvalue weighted by Gasteiger charge is 2.16. The van der Waals surface area contributed by atoms with Crippen molar-refractivity contribution in [3.05, 3.63) is 82.8 Å². The van der Waals surface area contributed by atoms with Crippen molar-refractivity contribution in [2.24, 2.45) is 0 Å². The van der Waals surface area contributed by atoms with Gasteiger partial charge in [0.25, 0.3) is 5.89 Å². The third kappa shape index (κ3) is 3.94. The van der Waals surface area contributed by atoms with Gasteiger partial charge in [0.2, 0.25) is 11.3 Å². The van der Waals surface area contributed by atoms with Crippen LogP contribution in [-0.4, -0.2) is 34.8 Å². The van der Waals surface area contributed by atoms with E-state index in [1.54, 1.807) is 24.4 Å². The Labute approximate surface area is 188 Å². The third-order valence-corrected chi connectivity index (χ3v) is 6.43. The van der Waals surface area contributed by atoms with Crippen molar-refractivity contribution >= 4 is 20.9 Å². The number of hydrogen-bond acceptors (Lipinski definition) is 7. The van der Waals surface area contributed by atoms with Gasteiger partial charge in [-0.25, -0.2) is 13.4 Å². The molecule has 0 atom stereocenters. The van der Waals surface area contributed by atoms with Crippen LogP contribution >= 0.6 is 0 Å².